The molecule has 5 rings (SSSR count). The molecule has 0 spiro atoms. The molecule has 1 aromatic carbocycles. The van der Waals surface area contributed by atoms with Crippen LogP contribution in [-0.4, -0.2) is 41.8 Å². The van der Waals surface area contributed by atoms with Gasteiger partial charge in [0.2, 0.25) is 5.95 Å². The van der Waals surface area contributed by atoms with Gasteiger partial charge in [-0.1, -0.05) is 12.1 Å². The summed E-state index contributed by atoms with van der Waals surface area (Å²) in [6.45, 7) is 6.23. The maximum absolute atomic E-state index is 12.0. The summed E-state index contributed by atoms with van der Waals surface area (Å²) in [7, 11) is 0. The molecule has 26 heavy (non-hydrogen) atoms. The van der Waals surface area contributed by atoms with Crippen LogP contribution in [0.3, 0.4) is 0 Å². The number of rotatable bonds is 4. The van der Waals surface area contributed by atoms with Gasteiger partial charge < -0.3 is 19.5 Å². The van der Waals surface area contributed by atoms with Crippen LogP contribution in [0.1, 0.15) is 35.8 Å². The lowest BCUT2D eigenvalue weighted by Gasteiger charge is -2.29. The van der Waals surface area contributed by atoms with Crippen LogP contribution in [0.25, 0.3) is 0 Å². The molecule has 2 atom stereocenters. The second kappa shape index (κ2) is 5.84. The molecule has 3 aliphatic rings. The molecule has 1 aliphatic carbocycles. The highest BCUT2D eigenvalue weighted by Crippen LogP contribution is 2.56. The summed E-state index contributed by atoms with van der Waals surface area (Å²) in [5.41, 5.74) is 3.36. The summed E-state index contributed by atoms with van der Waals surface area (Å²) < 4.78 is 7.15. The number of hydrogen-bond donors (Lipinski definition) is 1. The second-order valence-electron chi connectivity index (χ2n) is 7.58. The van der Waals surface area contributed by atoms with E-state index in [4.69, 9.17) is 4.74 Å². The second-order valence-corrected chi connectivity index (χ2v) is 7.58. The smallest absolute Gasteiger partial charge is 0.358 e. The molecule has 6 nitrogen and oxygen atoms in total. The quantitative estimate of drug-likeness (QED) is 0.857. The topological polar surface area (TPSA) is 59.4 Å². The van der Waals surface area contributed by atoms with E-state index >= 15 is 0 Å². The molecule has 2 unspecified atom stereocenters. The van der Waals surface area contributed by atoms with E-state index in [1.54, 1.807) is 0 Å². The molecule has 0 radical (unpaired) electrons. The molecule has 1 N–H and O–H groups in total. The van der Waals surface area contributed by atoms with Gasteiger partial charge in [0.1, 0.15) is 0 Å². The first kappa shape index (κ1) is 15.9. The molecular formula is C20H24N4O2. The number of carbonyl (C=O) groups excluding carboxylic acids is 1. The number of anilines is 2. The SMILES string of the molecule is CCOC(=O)c1cn2c(n1)N(c1ccc(C34CNCC3C4)cc1)CCC2. The van der Waals surface area contributed by atoms with Crippen LogP contribution in [0.4, 0.5) is 11.6 Å². The Morgan fingerprint density at radius 3 is 2.88 bits per heavy atom. The van der Waals surface area contributed by atoms with Crippen LogP contribution < -0.4 is 10.2 Å². The van der Waals surface area contributed by atoms with Gasteiger partial charge in [0.25, 0.3) is 0 Å². The van der Waals surface area contributed by atoms with Crippen LogP contribution in [0.15, 0.2) is 30.5 Å². The number of nitrogens with zero attached hydrogens (tertiary/aromatic N) is 3. The molecule has 2 fully saturated rings. The number of aromatic nitrogens is 2. The summed E-state index contributed by atoms with van der Waals surface area (Å²) >= 11 is 0. The lowest BCUT2D eigenvalue weighted by atomic mass is 9.95. The van der Waals surface area contributed by atoms with Crippen molar-refractivity contribution in [2.24, 2.45) is 5.92 Å². The lowest BCUT2D eigenvalue weighted by molar-refractivity contribution is 0.0520. The molecule has 1 saturated carbocycles. The fraction of sp³-hybridized carbons (Fsp3) is 0.500. The van der Waals surface area contributed by atoms with Gasteiger partial charge in [-0.25, -0.2) is 9.78 Å². The molecule has 3 heterocycles. The zero-order valence-corrected chi connectivity index (χ0v) is 15.1. The number of carbonyl (C=O) groups is 1. The van der Waals surface area contributed by atoms with E-state index in [1.165, 1.54) is 12.0 Å². The summed E-state index contributed by atoms with van der Waals surface area (Å²) in [6.07, 6.45) is 4.16. The van der Waals surface area contributed by atoms with E-state index < -0.39 is 0 Å². The number of ether oxygens (including phenoxy) is 1. The first-order valence-corrected chi connectivity index (χ1v) is 9.54. The van der Waals surface area contributed by atoms with Crippen LogP contribution >= 0.6 is 0 Å². The minimum atomic E-state index is -0.350. The van der Waals surface area contributed by atoms with E-state index in [0.717, 1.165) is 50.2 Å². The van der Waals surface area contributed by atoms with Gasteiger partial charge in [0.15, 0.2) is 5.69 Å². The third-order valence-corrected chi connectivity index (χ3v) is 6.08. The molecule has 2 aliphatic heterocycles. The molecule has 0 bridgehead atoms. The van der Waals surface area contributed by atoms with Gasteiger partial charge in [-0.05, 0) is 49.9 Å². The largest absolute Gasteiger partial charge is 0.461 e. The number of aryl methyl sites for hydroxylation is 1. The Kier molecular flexibility index (Phi) is 3.57. The summed E-state index contributed by atoms with van der Waals surface area (Å²) in [6, 6.07) is 8.95. The predicted molar refractivity (Wildman–Crippen MR) is 98.9 cm³/mol. The first-order valence-electron chi connectivity index (χ1n) is 9.54. The average Bonchev–Trinajstić information content (AvgIpc) is 3.03. The Hall–Kier alpha value is -2.34. The number of nitrogens with one attached hydrogen (secondary N) is 1. The maximum Gasteiger partial charge on any atom is 0.358 e. The van der Waals surface area contributed by atoms with Crippen LogP contribution in [-0.2, 0) is 16.7 Å². The Labute approximate surface area is 153 Å². The van der Waals surface area contributed by atoms with Crippen molar-refractivity contribution in [1.29, 1.82) is 0 Å². The van der Waals surface area contributed by atoms with Crippen molar-refractivity contribution in [1.82, 2.24) is 14.9 Å². The Morgan fingerprint density at radius 2 is 2.19 bits per heavy atom. The fourth-order valence-electron chi connectivity index (χ4n) is 4.60. The van der Waals surface area contributed by atoms with E-state index in [-0.39, 0.29) is 5.97 Å². The van der Waals surface area contributed by atoms with E-state index in [1.807, 2.05) is 13.1 Å². The van der Waals surface area contributed by atoms with Crippen molar-refractivity contribution in [3.63, 3.8) is 0 Å². The maximum atomic E-state index is 12.0. The van der Waals surface area contributed by atoms with E-state index in [2.05, 4.69) is 44.0 Å². The van der Waals surface area contributed by atoms with Crippen molar-refractivity contribution in [3.8, 4) is 0 Å². The molecule has 136 valence electrons. The van der Waals surface area contributed by atoms with Crippen LogP contribution in [0.5, 0.6) is 0 Å². The van der Waals surface area contributed by atoms with Gasteiger partial charge >= 0.3 is 5.97 Å². The van der Waals surface area contributed by atoms with E-state index in [9.17, 15) is 4.79 Å². The zero-order valence-electron chi connectivity index (χ0n) is 15.1. The third-order valence-electron chi connectivity index (χ3n) is 6.08. The number of piperidine rings is 1. The first-order chi connectivity index (χ1) is 12.7. The summed E-state index contributed by atoms with van der Waals surface area (Å²) in [5, 5.41) is 3.51. The van der Waals surface area contributed by atoms with Crippen LogP contribution in [0.2, 0.25) is 0 Å². The monoisotopic (exact) mass is 352 g/mol. The highest BCUT2D eigenvalue weighted by atomic mass is 16.5. The Morgan fingerprint density at radius 1 is 1.35 bits per heavy atom. The van der Waals surface area contributed by atoms with Gasteiger partial charge in [0, 0.05) is 36.9 Å². The number of esters is 1. The molecule has 0 amide bonds. The molecular weight excluding hydrogens is 328 g/mol. The minimum absolute atomic E-state index is 0.350. The average molecular weight is 352 g/mol. The van der Waals surface area contributed by atoms with Gasteiger partial charge in [-0.2, -0.15) is 0 Å². The number of imidazole rings is 1. The number of hydrogen-bond acceptors (Lipinski definition) is 5. The summed E-state index contributed by atoms with van der Waals surface area (Å²) in [5.74, 6) is 1.30. The summed E-state index contributed by atoms with van der Waals surface area (Å²) in [4.78, 5) is 18.8. The Balaban J connectivity index is 1.42. The highest BCUT2D eigenvalue weighted by molar-refractivity contribution is 5.87. The Bertz CT molecular complexity index is 844. The third kappa shape index (κ3) is 2.35. The van der Waals surface area contributed by atoms with Gasteiger partial charge in [-0.15, -0.1) is 0 Å². The van der Waals surface area contributed by atoms with E-state index in [0.29, 0.717) is 17.7 Å². The van der Waals surface area contributed by atoms with Crippen molar-refractivity contribution < 1.29 is 9.53 Å². The van der Waals surface area contributed by atoms with Crippen LogP contribution in [0, 0.1) is 5.92 Å². The zero-order chi connectivity index (χ0) is 17.7. The van der Waals surface area contributed by atoms with Gasteiger partial charge in [-0.3, -0.25) is 0 Å². The number of fused-ring (bicyclic) bond motifs is 2. The van der Waals surface area contributed by atoms with Crippen molar-refractivity contribution in [2.75, 3.05) is 31.1 Å². The molecule has 2 aromatic rings. The van der Waals surface area contributed by atoms with Crippen molar-refractivity contribution in [2.45, 2.75) is 31.7 Å². The molecule has 6 heteroatoms. The normalized spacial score (nSPS) is 26.3. The predicted octanol–water partition coefficient (Wildman–Crippen LogP) is 2.46. The van der Waals surface area contributed by atoms with Crippen molar-refractivity contribution >= 4 is 17.6 Å². The molecule has 1 saturated heterocycles. The fourth-order valence-corrected chi connectivity index (χ4v) is 4.60. The van der Waals surface area contributed by atoms with Crippen molar-refractivity contribution in [3.05, 3.63) is 41.7 Å². The minimum Gasteiger partial charge on any atom is -0.461 e. The van der Waals surface area contributed by atoms with Gasteiger partial charge in [0.05, 0.1) is 6.61 Å². The lowest BCUT2D eigenvalue weighted by Crippen LogP contribution is -2.28. The number of benzene rings is 1. The highest BCUT2D eigenvalue weighted by Gasteiger charge is 2.57. The standard InChI is InChI=1S/C20H24N4O2/c1-2-26-18(25)17-12-23-8-3-9-24(19(23)22-17)16-6-4-14(5-7-16)20-10-15(20)11-21-13-20/h4-7,12,15,21H,2-3,8-11,13H2,1H3. The molecule has 1 aromatic heterocycles.